The van der Waals surface area contributed by atoms with E-state index in [1.54, 1.807) is 24.3 Å². The lowest BCUT2D eigenvalue weighted by atomic mass is 10.0. The smallest absolute Gasteiger partial charge is 0.297 e. The van der Waals surface area contributed by atoms with Gasteiger partial charge in [-0.2, -0.15) is 8.42 Å². The van der Waals surface area contributed by atoms with E-state index in [4.69, 9.17) is 13.7 Å². The van der Waals surface area contributed by atoms with Crippen LogP contribution in [0.25, 0.3) is 5.57 Å². The number of rotatable bonds is 4. The van der Waals surface area contributed by atoms with Gasteiger partial charge in [0.1, 0.15) is 13.2 Å². The van der Waals surface area contributed by atoms with E-state index in [9.17, 15) is 8.42 Å². The quantitative estimate of drug-likeness (QED) is 0.746. The number of hydrogen-bond donors (Lipinski definition) is 0. The third-order valence-corrected chi connectivity index (χ3v) is 6.40. The minimum Gasteiger partial charge on any atom is -0.486 e. The Bertz CT molecular complexity index is 1020. The highest BCUT2D eigenvalue weighted by atomic mass is 32.2. The molecule has 2 aromatic carbocycles. The summed E-state index contributed by atoms with van der Waals surface area (Å²) in [6.45, 7) is 6.24. The molecule has 6 heteroatoms. The van der Waals surface area contributed by atoms with Gasteiger partial charge >= 0.3 is 0 Å². The van der Waals surface area contributed by atoms with E-state index in [0.717, 1.165) is 17.5 Å². The average Bonchev–Trinajstić information content (AvgIpc) is 2.95. The summed E-state index contributed by atoms with van der Waals surface area (Å²) in [7, 11) is -3.83. The Morgan fingerprint density at radius 2 is 1.81 bits per heavy atom. The van der Waals surface area contributed by atoms with Gasteiger partial charge in [-0.3, -0.25) is 4.18 Å². The third-order valence-electron chi connectivity index (χ3n) is 5.11. The molecule has 0 spiro atoms. The first kappa shape index (κ1) is 18.1. The molecule has 1 aliphatic heterocycles. The van der Waals surface area contributed by atoms with E-state index >= 15 is 0 Å². The second-order valence-electron chi connectivity index (χ2n) is 7.11. The summed E-state index contributed by atoms with van der Waals surface area (Å²) in [4.78, 5) is 0.139. The van der Waals surface area contributed by atoms with Gasteiger partial charge in [0.2, 0.25) is 0 Å². The number of fused-ring (bicyclic) bond motifs is 3. The number of allylic oxidation sites excluding steroid dienone is 2. The fourth-order valence-electron chi connectivity index (χ4n) is 3.43. The highest BCUT2D eigenvalue weighted by Gasteiger charge is 2.30. The molecule has 0 N–H and O–H groups in total. The lowest BCUT2D eigenvalue weighted by molar-refractivity contribution is 0.0551. The normalized spacial score (nSPS) is 18.6. The molecule has 142 valence electrons. The fourth-order valence-corrected chi connectivity index (χ4v) is 4.37. The Labute approximate surface area is 159 Å². The molecule has 0 radical (unpaired) electrons. The first-order valence-electron chi connectivity index (χ1n) is 8.93. The van der Waals surface area contributed by atoms with Crippen LogP contribution in [0.2, 0.25) is 0 Å². The molecular formula is C21H22O5S. The highest BCUT2D eigenvalue weighted by Crippen LogP contribution is 2.45. The van der Waals surface area contributed by atoms with Gasteiger partial charge in [0.05, 0.1) is 4.90 Å². The fraction of sp³-hybridized carbons (Fsp3) is 0.333. The summed E-state index contributed by atoms with van der Waals surface area (Å²) in [6, 6.07) is 10.6. The predicted octanol–water partition coefficient (Wildman–Crippen LogP) is 3.89. The van der Waals surface area contributed by atoms with Crippen molar-refractivity contribution in [2.75, 3.05) is 13.2 Å². The maximum Gasteiger partial charge on any atom is 0.297 e. The van der Waals surface area contributed by atoms with Gasteiger partial charge in [-0.05, 0) is 56.5 Å². The minimum absolute atomic E-state index is 0.0962. The molecule has 5 nitrogen and oxygen atoms in total. The molecule has 0 aromatic heterocycles. The molecule has 0 bridgehead atoms. The van der Waals surface area contributed by atoms with E-state index in [1.807, 2.05) is 13.0 Å². The van der Waals surface area contributed by atoms with Crippen molar-refractivity contribution in [1.82, 2.24) is 0 Å². The summed E-state index contributed by atoms with van der Waals surface area (Å²) in [5.41, 5.74) is 5.76. The maximum atomic E-state index is 12.4. The molecule has 27 heavy (non-hydrogen) atoms. The zero-order valence-electron chi connectivity index (χ0n) is 15.6. The van der Waals surface area contributed by atoms with Crippen molar-refractivity contribution in [2.45, 2.75) is 38.2 Å². The Hall–Kier alpha value is -2.31. The van der Waals surface area contributed by atoms with Gasteiger partial charge < -0.3 is 9.47 Å². The van der Waals surface area contributed by atoms with Crippen molar-refractivity contribution in [1.29, 1.82) is 0 Å². The Morgan fingerprint density at radius 3 is 2.56 bits per heavy atom. The zero-order valence-corrected chi connectivity index (χ0v) is 16.4. The molecule has 1 atom stereocenters. The number of ether oxygens (including phenoxy) is 2. The summed E-state index contributed by atoms with van der Waals surface area (Å²) in [5.74, 6) is 1.38. The van der Waals surface area contributed by atoms with Crippen LogP contribution >= 0.6 is 0 Å². The highest BCUT2D eigenvalue weighted by molar-refractivity contribution is 7.86. The SMILES string of the molecule is CC1=C(C)c2c(ccc3c2OC(COS(=O)(=O)c2ccc(C)cc2)CO3)C1. The van der Waals surface area contributed by atoms with E-state index in [-0.39, 0.29) is 18.1 Å². The zero-order chi connectivity index (χ0) is 19.2. The van der Waals surface area contributed by atoms with Crippen molar-refractivity contribution < 1.29 is 22.1 Å². The number of aryl methyl sites for hydroxylation is 1. The first-order chi connectivity index (χ1) is 12.8. The maximum absolute atomic E-state index is 12.4. The molecule has 0 amide bonds. The molecule has 0 saturated heterocycles. The molecule has 1 aliphatic carbocycles. The van der Waals surface area contributed by atoms with Crippen molar-refractivity contribution in [3.05, 3.63) is 58.7 Å². The van der Waals surface area contributed by atoms with Gasteiger partial charge in [0.15, 0.2) is 17.6 Å². The molecule has 1 heterocycles. The summed E-state index contributed by atoms with van der Waals surface area (Å²) in [5, 5.41) is 0. The Morgan fingerprint density at radius 1 is 1.07 bits per heavy atom. The lowest BCUT2D eigenvalue weighted by Gasteiger charge is -2.28. The van der Waals surface area contributed by atoms with Crippen molar-refractivity contribution in [3.63, 3.8) is 0 Å². The van der Waals surface area contributed by atoms with Crippen LogP contribution in [0.5, 0.6) is 11.5 Å². The molecule has 0 fully saturated rings. The van der Waals surface area contributed by atoms with Gasteiger partial charge in [0.25, 0.3) is 10.1 Å². The lowest BCUT2D eigenvalue weighted by Crippen LogP contribution is -2.34. The van der Waals surface area contributed by atoms with Crippen LogP contribution in [0.4, 0.5) is 0 Å². The number of benzene rings is 2. The molecule has 2 aromatic rings. The van der Waals surface area contributed by atoms with Crippen LogP contribution in [0.1, 0.15) is 30.5 Å². The Kier molecular flexibility index (Phi) is 4.48. The number of hydrogen-bond acceptors (Lipinski definition) is 5. The molecular weight excluding hydrogens is 364 g/mol. The third kappa shape index (κ3) is 3.35. The van der Waals surface area contributed by atoms with Crippen LogP contribution in [0.3, 0.4) is 0 Å². The molecule has 1 unspecified atom stereocenters. The van der Waals surface area contributed by atoms with Crippen LogP contribution < -0.4 is 9.47 Å². The predicted molar refractivity (Wildman–Crippen MR) is 103 cm³/mol. The summed E-state index contributed by atoms with van der Waals surface area (Å²) < 4.78 is 41.9. The standard InChI is InChI=1S/C21H22O5S/c1-13-4-7-18(8-5-13)27(22,23)25-12-17-11-24-19-9-6-16-10-14(2)15(3)20(16)21(19)26-17/h4-9,17H,10-12H2,1-3H3. The second-order valence-corrected chi connectivity index (χ2v) is 8.73. The van der Waals surface area contributed by atoms with Gasteiger partial charge in [-0.25, -0.2) is 0 Å². The van der Waals surface area contributed by atoms with Crippen LogP contribution in [-0.2, 0) is 20.7 Å². The Balaban J connectivity index is 1.51. The average molecular weight is 386 g/mol. The monoisotopic (exact) mass is 386 g/mol. The minimum atomic E-state index is -3.83. The van der Waals surface area contributed by atoms with Crippen LogP contribution in [0, 0.1) is 6.92 Å². The topological polar surface area (TPSA) is 61.8 Å². The van der Waals surface area contributed by atoms with Crippen molar-refractivity contribution in [2.24, 2.45) is 0 Å². The molecule has 4 rings (SSSR count). The molecule has 2 aliphatic rings. The van der Waals surface area contributed by atoms with E-state index in [0.29, 0.717) is 11.5 Å². The van der Waals surface area contributed by atoms with Gasteiger partial charge in [0, 0.05) is 5.56 Å². The largest absolute Gasteiger partial charge is 0.486 e. The summed E-state index contributed by atoms with van der Waals surface area (Å²) >= 11 is 0. The van der Waals surface area contributed by atoms with E-state index in [1.165, 1.54) is 16.7 Å². The van der Waals surface area contributed by atoms with Crippen molar-refractivity contribution in [3.8, 4) is 11.5 Å². The second kappa shape index (κ2) is 6.69. The molecule has 0 saturated carbocycles. The van der Waals surface area contributed by atoms with E-state index in [2.05, 4.69) is 19.9 Å². The van der Waals surface area contributed by atoms with E-state index < -0.39 is 16.2 Å². The summed E-state index contributed by atoms with van der Waals surface area (Å²) in [6.07, 6.45) is 0.416. The van der Waals surface area contributed by atoms with Gasteiger partial charge in [-0.1, -0.05) is 29.3 Å². The van der Waals surface area contributed by atoms with Crippen molar-refractivity contribution >= 4 is 15.7 Å². The van der Waals surface area contributed by atoms with Crippen LogP contribution in [0.15, 0.2) is 46.9 Å². The van der Waals surface area contributed by atoms with Gasteiger partial charge in [-0.15, -0.1) is 0 Å². The van der Waals surface area contributed by atoms with Crippen LogP contribution in [-0.4, -0.2) is 27.7 Å². The first-order valence-corrected chi connectivity index (χ1v) is 10.3.